The monoisotopic (exact) mass is 480 g/mol. The van der Waals surface area contributed by atoms with E-state index in [0.29, 0.717) is 32.7 Å². The Balaban J connectivity index is 1.53. The zero-order chi connectivity index (χ0) is 22.8. The summed E-state index contributed by atoms with van der Waals surface area (Å²) in [6, 6.07) is 12.6. The molecule has 0 bridgehead atoms. The van der Waals surface area contributed by atoms with Gasteiger partial charge < -0.3 is 21.1 Å². The number of fused-ring (bicyclic) bond motifs is 1. The van der Waals surface area contributed by atoms with E-state index in [9.17, 15) is 4.79 Å². The first kappa shape index (κ1) is 21.6. The van der Waals surface area contributed by atoms with Gasteiger partial charge in [0, 0.05) is 22.5 Å². The molecular formula is C23H21ClN6O2S. The van der Waals surface area contributed by atoms with Gasteiger partial charge in [0.25, 0.3) is 5.91 Å². The maximum atomic E-state index is 12.9. The molecule has 1 amide bonds. The second-order valence-electron chi connectivity index (χ2n) is 7.67. The van der Waals surface area contributed by atoms with E-state index in [1.54, 1.807) is 36.5 Å². The number of aromatic nitrogens is 3. The number of hydrogen-bond acceptors (Lipinski definition) is 8. The molecule has 0 radical (unpaired) electrons. The molecule has 1 aliphatic heterocycles. The third-order valence-electron chi connectivity index (χ3n) is 5.29. The highest BCUT2D eigenvalue weighted by Gasteiger charge is 2.21. The van der Waals surface area contributed by atoms with Crippen LogP contribution < -0.4 is 21.1 Å². The summed E-state index contributed by atoms with van der Waals surface area (Å²) in [5.74, 6) is 0.517. The van der Waals surface area contributed by atoms with Gasteiger partial charge in [-0.15, -0.1) is 11.3 Å². The Morgan fingerprint density at radius 1 is 1.18 bits per heavy atom. The Hall–Kier alpha value is -3.27. The third kappa shape index (κ3) is 4.90. The average Bonchev–Trinajstić information content (AvgIpc) is 3.25. The minimum Gasteiger partial charge on any atom is -0.488 e. The molecule has 0 unspecified atom stereocenters. The van der Waals surface area contributed by atoms with E-state index in [1.807, 2.05) is 12.1 Å². The number of amides is 1. The number of hydrogen-bond donors (Lipinski definition) is 3. The van der Waals surface area contributed by atoms with Crippen LogP contribution in [0.3, 0.4) is 0 Å². The molecule has 33 heavy (non-hydrogen) atoms. The zero-order valence-corrected chi connectivity index (χ0v) is 19.1. The Morgan fingerprint density at radius 3 is 2.82 bits per heavy atom. The lowest BCUT2D eigenvalue weighted by Gasteiger charge is -2.24. The van der Waals surface area contributed by atoms with Gasteiger partial charge >= 0.3 is 0 Å². The van der Waals surface area contributed by atoms with E-state index in [-0.39, 0.29) is 18.0 Å². The molecule has 0 spiro atoms. The van der Waals surface area contributed by atoms with Gasteiger partial charge in [0.05, 0.1) is 10.4 Å². The summed E-state index contributed by atoms with van der Waals surface area (Å²) in [7, 11) is 0. The molecule has 1 fully saturated rings. The molecule has 0 aliphatic carbocycles. The lowest BCUT2D eigenvalue weighted by atomic mass is 10.1. The predicted molar refractivity (Wildman–Crippen MR) is 131 cm³/mol. The first-order valence-corrected chi connectivity index (χ1v) is 11.7. The first-order valence-electron chi connectivity index (χ1n) is 10.5. The van der Waals surface area contributed by atoms with E-state index in [2.05, 4.69) is 25.6 Å². The summed E-state index contributed by atoms with van der Waals surface area (Å²) < 4.78 is 7.19. The van der Waals surface area contributed by atoms with Crippen LogP contribution in [-0.2, 0) is 0 Å². The maximum Gasteiger partial charge on any atom is 0.284 e. The number of anilines is 2. The number of nitrogens with one attached hydrogen (secondary N) is 2. The Kier molecular flexibility index (Phi) is 6.08. The van der Waals surface area contributed by atoms with Crippen molar-refractivity contribution in [1.82, 2.24) is 20.3 Å². The molecule has 5 rings (SSSR count). The standard InChI is InChI=1S/C23H21ClN6O2S/c24-14-2-1-3-15(12-14)28-21(31)22-30-20-18(32-16-4-7-26-8-5-16)10-13(11-19(20)33-22)17-6-9-27-23(25)29-17/h1-3,6,9-12,16,26H,4-5,7-8H2,(H,28,31)(H2,25,27,29). The van der Waals surface area contributed by atoms with Gasteiger partial charge in [0.2, 0.25) is 5.95 Å². The van der Waals surface area contributed by atoms with Crippen molar-refractivity contribution in [3.8, 4) is 17.0 Å². The molecule has 0 saturated carbocycles. The molecule has 4 aromatic rings. The van der Waals surface area contributed by atoms with Crippen molar-refractivity contribution in [2.45, 2.75) is 18.9 Å². The molecule has 2 aromatic carbocycles. The van der Waals surface area contributed by atoms with E-state index in [1.165, 1.54) is 11.3 Å². The number of halogens is 1. The van der Waals surface area contributed by atoms with Crippen LogP contribution in [0.25, 0.3) is 21.5 Å². The zero-order valence-electron chi connectivity index (χ0n) is 17.5. The van der Waals surface area contributed by atoms with Gasteiger partial charge in [0.1, 0.15) is 17.4 Å². The fourth-order valence-electron chi connectivity index (χ4n) is 3.71. The minimum absolute atomic E-state index is 0.0746. The number of thiazole rings is 1. The number of carbonyl (C=O) groups excluding carboxylic acids is 1. The van der Waals surface area contributed by atoms with Crippen molar-refractivity contribution in [3.63, 3.8) is 0 Å². The van der Waals surface area contributed by atoms with Crippen LogP contribution in [0.2, 0.25) is 5.02 Å². The van der Waals surface area contributed by atoms with Gasteiger partial charge in [-0.05, 0) is 62.3 Å². The van der Waals surface area contributed by atoms with E-state index in [4.69, 9.17) is 22.1 Å². The number of nitrogen functional groups attached to an aromatic ring is 1. The van der Waals surface area contributed by atoms with Crippen LogP contribution in [0.15, 0.2) is 48.7 Å². The van der Waals surface area contributed by atoms with E-state index in [0.717, 1.165) is 36.2 Å². The summed E-state index contributed by atoms with van der Waals surface area (Å²) >= 11 is 7.33. The highest BCUT2D eigenvalue weighted by molar-refractivity contribution is 7.20. The summed E-state index contributed by atoms with van der Waals surface area (Å²) in [6.45, 7) is 1.81. The summed E-state index contributed by atoms with van der Waals surface area (Å²) in [5.41, 5.74) is 8.55. The number of nitrogens with two attached hydrogens (primary N) is 1. The molecule has 1 saturated heterocycles. The second-order valence-corrected chi connectivity index (χ2v) is 9.14. The van der Waals surface area contributed by atoms with Crippen molar-refractivity contribution in [1.29, 1.82) is 0 Å². The lowest BCUT2D eigenvalue weighted by Crippen LogP contribution is -2.34. The molecule has 0 atom stereocenters. The fourth-order valence-corrected chi connectivity index (χ4v) is 4.82. The van der Waals surface area contributed by atoms with Crippen LogP contribution in [0.1, 0.15) is 22.6 Å². The van der Waals surface area contributed by atoms with E-state index >= 15 is 0 Å². The van der Waals surface area contributed by atoms with Crippen LogP contribution in [-0.4, -0.2) is 40.1 Å². The third-order valence-corrected chi connectivity index (χ3v) is 6.52. The predicted octanol–water partition coefficient (Wildman–Crippen LogP) is 4.37. The number of benzene rings is 2. The largest absolute Gasteiger partial charge is 0.488 e. The van der Waals surface area contributed by atoms with Crippen molar-refractivity contribution in [2.24, 2.45) is 0 Å². The maximum absolute atomic E-state index is 12.9. The van der Waals surface area contributed by atoms with Gasteiger partial charge in [-0.3, -0.25) is 4.79 Å². The molecule has 2 aromatic heterocycles. The summed E-state index contributed by atoms with van der Waals surface area (Å²) in [6.07, 6.45) is 3.49. The smallest absolute Gasteiger partial charge is 0.284 e. The fraction of sp³-hybridized carbons (Fsp3) is 0.217. The van der Waals surface area contributed by atoms with Crippen molar-refractivity contribution in [3.05, 3.63) is 58.7 Å². The van der Waals surface area contributed by atoms with Crippen molar-refractivity contribution >= 4 is 50.7 Å². The van der Waals surface area contributed by atoms with Crippen LogP contribution in [0.5, 0.6) is 5.75 Å². The number of carbonyl (C=O) groups is 1. The molecule has 4 N–H and O–H groups in total. The number of ether oxygens (including phenoxy) is 1. The van der Waals surface area contributed by atoms with Crippen molar-refractivity contribution in [2.75, 3.05) is 24.1 Å². The molecule has 3 heterocycles. The summed E-state index contributed by atoms with van der Waals surface area (Å²) in [4.78, 5) is 25.8. The van der Waals surface area contributed by atoms with Crippen LogP contribution in [0, 0.1) is 0 Å². The molecule has 168 valence electrons. The summed E-state index contributed by atoms with van der Waals surface area (Å²) in [5, 5.41) is 7.07. The molecule has 1 aliphatic rings. The van der Waals surface area contributed by atoms with E-state index < -0.39 is 0 Å². The van der Waals surface area contributed by atoms with Crippen LogP contribution >= 0.6 is 22.9 Å². The van der Waals surface area contributed by atoms with Gasteiger partial charge in [0.15, 0.2) is 5.01 Å². The molecular weight excluding hydrogens is 460 g/mol. The van der Waals surface area contributed by atoms with Crippen LogP contribution in [0.4, 0.5) is 11.6 Å². The number of nitrogens with zero attached hydrogens (tertiary/aromatic N) is 3. The SMILES string of the molecule is Nc1nccc(-c2cc(OC3CCNCC3)c3nc(C(=O)Nc4cccc(Cl)c4)sc3c2)n1. The highest BCUT2D eigenvalue weighted by Crippen LogP contribution is 2.36. The Bertz CT molecular complexity index is 1320. The topological polar surface area (TPSA) is 115 Å². The quantitative estimate of drug-likeness (QED) is 0.388. The second kappa shape index (κ2) is 9.30. The minimum atomic E-state index is -0.306. The number of rotatable bonds is 5. The van der Waals surface area contributed by atoms with Gasteiger partial charge in [-0.1, -0.05) is 17.7 Å². The Labute approximate surface area is 199 Å². The van der Waals surface area contributed by atoms with Crippen molar-refractivity contribution < 1.29 is 9.53 Å². The average molecular weight is 481 g/mol. The number of piperidine rings is 1. The lowest BCUT2D eigenvalue weighted by molar-refractivity contribution is 0.102. The van der Waals surface area contributed by atoms with Gasteiger partial charge in [-0.25, -0.2) is 15.0 Å². The van der Waals surface area contributed by atoms with Gasteiger partial charge in [-0.2, -0.15) is 0 Å². The molecule has 8 nitrogen and oxygen atoms in total. The normalized spacial score (nSPS) is 14.3. The Morgan fingerprint density at radius 2 is 2.03 bits per heavy atom. The molecule has 10 heteroatoms. The first-order chi connectivity index (χ1) is 16.0. The highest BCUT2D eigenvalue weighted by atomic mass is 35.5.